The van der Waals surface area contributed by atoms with Crippen LogP contribution in [0.5, 0.6) is 0 Å². The topological polar surface area (TPSA) is 20.3 Å². The van der Waals surface area contributed by atoms with E-state index >= 15 is 0 Å². The first kappa shape index (κ1) is 15.4. The van der Waals surface area contributed by atoms with Crippen LogP contribution in [0.1, 0.15) is 56.3 Å². The highest BCUT2D eigenvalue weighted by Gasteiger charge is 2.23. The Labute approximate surface area is 127 Å². The molecule has 0 aliphatic heterocycles. The van der Waals surface area contributed by atoms with Crippen LogP contribution in [0.3, 0.4) is 0 Å². The third kappa shape index (κ3) is 3.35. The van der Waals surface area contributed by atoms with E-state index in [1.54, 1.807) is 6.92 Å². The van der Waals surface area contributed by atoms with E-state index in [1.807, 2.05) is 18.2 Å². The zero-order valence-electron chi connectivity index (χ0n) is 12.7. The van der Waals surface area contributed by atoms with Crippen molar-refractivity contribution >= 4 is 23.1 Å². The van der Waals surface area contributed by atoms with E-state index in [-0.39, 0.29) is 5.78 Å². The molecule has 0 heterocycles. The minimum absolute atomic E-state index is 0.0210. The van der Waals surface area contributed by atoms with Gasteiger partial charge in [0, 0.05) is 24.3 Å². The Morgan fingerprint density at radius 3 is 2.45 bits per heavy atom. The van der Waals surface area contributed by atoms with Gasteiger partial charge in [-0.3, -0.25) is 4.79 Å². The summed E-state index contributed by atoms with van der Waals surface area (Å²) in [5, 5.41) is 0.559. The maximum atomic E-state index is 11.4. The number of carbonyl (C=O) groups excluding carboxylic acids is 1. The van der Waals surface area contributed by atoms with Gasteiger partial charge in [0.15, 0.2) is 5.78 Å². The molecule has 0 saturated heterocycles. The van der Waals surface area contributed by atoms with Crippen molar-refractivity contribution in [2.75, 3.05) is 11.9 Å². The number of ketones is 1. The molecule has 0 amide bonds. The third-order valence-electron chi connectivity index (χ3n) is 4.68. The molecule has 0 aromatic heterocycles. The van der Waals surface area contributed by atoms with Crippen LogP contribution in [0.4, 0.5) is 5.69 Å². The van der Waals surface area contributed by atoms with E-state index in [0.717, 1.165) is 11.6 Å². The van der Waals surface area contributed by atoms with Gasteiger partial charge >= 0.3 is 0 Å². The molecule has 20 heavy (non-hydrogen) atoms. The predicted molar refractivity (Wildman–Crippen MR) is 85.9 cm³/mol. The summed E-state index contributed by atoms with van der Waals surface area (Å²) >= 11 is 6.21. The second kappa shape index (κ2) is 6.62. The lowest BCUT2D eigenvalue weighted by molar-refractivity contribution is 0.101. The lowest BCUT2D eigenvalue weighted by Crippen LogP contribution is -2.35. The van der Waals surface area contributed by atoms with Gasteiger partial charge in [0.1, 0.15) is 0 Å². The molecule has 3 heteroatoms. The molecular weight excluding hydrogens is 270 g/mol. The number of nitrogens with zero attached hydrogens (tertiary/aromatic N) is 1. The summed E-state index contributed by atoms with van der Waals surface area (Å²) in [4.78, 5) is 13.7. The highest BCUT2D eigenvalue weighted by atomic mass is 35.5. The van der Waals surface area contributed by atoms with Crippen LogP contribution >= 0.6 is 11.6 Å². The van der Waals surface area contributed by atoms with E-state index < -0.39 is 0 Å². The molecule has 0 spiro atoms. The van der Waals surface area contributed by atoms with Crippen molar-refractivity contribution in [3.8, 4) is 0 Å². The zero-order valence-corrected chi connectivity index (χ0v) is 13.4. The Hall–Kier alpha value is -1.02. The van der Waals surface area contributed by atoms with Gasteiger partial charge in [-0.1, -0.05) is 24.9 Å². The molecule has 0 radical (unpaired) electrons. The second-order valence-electron chi connectivity index (χ2n) is 5.91. The van der Waals surface area contributed by atoms with Crippen molar-refractivity contribution in [3.05, 3.63) is 28.8 Å². The van der Waals surface area contributed by atoms with Crippen molar-refractivity contribution in [1.29, 1.82) is 0 Å². The van der Waals surface area contributed by atoms with Gasteiger partial charge < -0.3 is 4.90 Å². The van der Waals surface area contributed by atoms with Crippen molar-refractivity contribution < 1.29 is 4.79 Å². The van der Waals surface area contributed by atoms with Crippen LogP contribution < -0.4 is 4.90 Å². The first-order valence-corrected chi connectivity index (χ1v) is 7.94. The fraction of sp³-hybridized carbons (Fsp3) is 0.588. The number of rotatable bonds is 4. The van der Waals surface area contributed by atoms with Gasteiger partial charge in [0.25, 0.3) is 0 Å². The molecular formula is C17H24ClNO. The fourth-order valence-electron chi connectivity index (χ4n) is 3.16. The maximum Gasteiger partial charge on any atom is 0.161 e. The molecule has 110 valence electrons. The number of Topliss-reactive ketones (excluding diaryl/α,β-unsaturated/α-hetero) is 1. The van der Waals surface area contributed by atoms with E-state index in [2.05, 4.69) is 18.9 Å². The summed E-state index contributed by atoms with van der Waals surface area (Å²) in [5.74, 6) is 0.927. The fourth-order valence-corrected chi connectivity index (χ4v) is 3.47. The molecule has 0 unspecified atom stereocenters. The molecule has 1 saturated carbocycles. The number of benzene rings is 1. The minimum atomic E-state index is 0.0210. The SMILES string of the molecule is CCC1CCC(N(C)c2ccc(C(C)=O)c(Cl)c2)CC1. The number of hydrogen-bond acceptors (Lipinski definition) is 2. The summed E-state index contributed by atoms with van der Waals surface area (Å²) < 4.78 is 0. The average molecular weight is 294 g/mol. The average Bonchev–Trinajstić information content (AvgIpc) is 2.46. The molecule has 0 N–H and O–H groups in total. The van der Waals surface area contributed by atoms with Gasteiger partial charge in [0.2, 0.25) is 0 Å². The number of halogens is 1. The smallest absolute Gasteiger partial charge is 0.161 e. The lowest BCUT2D eigenvalue weighted by Gasteiger charge is -2.36. The Bertz CT molecular complexity index is 478. The van der Waals surface area contributed by atoms with Gasteiger partial charge in [-0.2, -0.15) is 0 Å². The van der Waals surface area contributed by atoms with E-state index in [0.29, 0.717) is 16.6 Å². The van der Waals surface area contributed by atoms with E-state index in [9.17, 15) is 4.79 Å². The van der Waals surface area contributed by atoms with Crippen LogP contribution in [-0.4, -0.2) is 18.9 Å². The van der Waals surface area contributed by atoms with Crippen LogP contribution in [0.2, 0.25) is 5.02 Å². The Balaban J connectivity index is 2.08. The third-order valence-corrected chi connectivity index (χ3v) is 4.99. The quantitative estimate of drug-likeness (QED) is 0.732. The van der Waals surface area contributed by atoms with Gasteiger partial charge in [-0.25, -0.2) is 0 Å². The summed E-state index contributed by atoms with van der Waals surface area (Å²) in [5.41, 5.74) is 1.72. The molecule has 1 fully saturated rings. The molecule has 2 rings (SSSR count). The van der Waals surface area contributed by atoms with Crippen LogP contribution in [-0.2, 0) is 0 Å². The molecule has 2 nitrogen and oxygen atoms in total. The first-order chi connectivity index (χ1) is 9.52. The minimum Gasteiger partial charge on any atom is -0.372 e. The molecule has 1 aliphatic rings. The summed E-state index contributed by atoms with van der Waals surface area (Å²) in [6, 6.07) is 6.37. The number of hydrogen-bond donors (Lipinski definition) is 0. The van der Waals surface area contributed by atoms with Crippen LogP contribution in [0, 0.1) is 5.92 Å². The lowest BCUT2D eigenvalue weighted by atomic mass is 9.84. The zero-order chi connectivity index (χ0) is 14.7. The Morgan fingerprint density at radius 2 is 1.95 bits per heavy atom. The van der Waals surface area contributed by atoms with Gasteiger partial charge in [-0.05, 0) is 56.7 Å². The Kier molecular flexibility index (Phi) is 5.09. The summed E-state index contributed by atoms with van der Waals surface area (Å²) in [6.45, 7) is 3.84. The van der Waals surface area contributed by atoms with Crippen LogP contribution in [0.15, 0.2) is 18.2 Å². The number of carbonyl (C=O) groups is 1. The second-order valence-corrected chi connectivity index (χ2v) is 6.32. The van der Waals surface area contributed by atoms with Gasteiger partial charge in [-0.15, -0.1) is 0 Å². The summed E-state index contributed by atoms with van der Waals surface area (Å²) in [7, 11) is 2.13. The highest BCUT2D eigenvalue weighted by molar-refractivity contribution is 6.34. The van der Waals surface area contributed by atoms with Crippen molar-refractivity contribution in [2.24, 2.45) is 5.92 Å². The molecule has 1 aromatic carbocycles. The van der Waals surface area contributed by atoms with E-state index in [1.165, 1.54) is 32.1 Å². The molecule has 1 aromatic rings. The van der Waals surface area contributed by atoms with Crippen LogP contribution in [0.25, 0.3) is 0 Å². The largest absolute Gasteiger partial charge is 0.372 e. The summed E-state index contributed by atoms with van der Waals surface area (Å²) in [6.07, 6.45) is 6.45. The van der Waals surface area contributed by atoms with Crippen molar-refractivity contribution in [1.82, 2.24) is 0 Å². The maximum absolute atomic E-state index is 11.4. The standard InChI is InChI=1S/C17H24ClNO/c1-4-13-5-7-14(8-6-13)19(3)15-9-10-16(12(2)20)17(18)11-15/h9-11,13-14H,4-8H2,1-3H3. The van der Waals surface area contributed by atoms with Crippen molar-refractivity contribution in [3.63, 3.8) is 0 Å². The Morgan fingerprint density at radius 1 is 1.30 bits per heavy atom. The molecule has 0 atom stereocenters. The first-order valence-electron chi connectivity index (χ1n) is 7.56. The molecule has 1 aliphatic carbocycles. The highest BCUT2D eigenvalue weighted by Crippen LogP contribution is 2.32. The monoisotopic (exact) mass is 293 g/mol. The molecule has 0 bridgehead atoms. The van der Waals surface area contributed by atoms with Gasteiger partial charge in [0.05, 0.1) is 5.02 Å². The predicted octanol–water partition coefficient (Wildman–Crippen LogP) is 4.95. The normalized spacial score (nSPS) is 22.6. The van der Waals surface area contributed by atoms with E-state index in [4.69, 9.17) is 11.6 Å². The van der Waals surface area contributed by atoms with Crippen molar-refractivity contribution in [2.45, 2.75) is 52.0 Å². The number of anilines is 1.